The van der Waals surface area contributed by atoms with Gasteiger partial charge in [0.1, 0.15) is 0 Å². The highest BCUT2D eigenvalue weighted by atomic mass is 19.4. The molecule has 0 fully saturated rings. The molecule has 0 aliphatic heterocycles. The summed E-state index contributed by atoms with van der Waals surface area (Å²) < 4.78 is 38.7. The van der Waals surface area contributed by atoms with Crippen LogP contribution in [0, 0.1) is 0 Å². The molecule has 37 heavy (non-hydrogen) atoms. The molecule has 2 N–H and O–H groups in total. The van der Waals surface area contributed by atoms with Crippen LogP contribution in [0.25, 0.3) is 11.1 Å². The second-order valence-corrected chi connectivity index (χ2v) is 9.12. The van der Waals surface area contributed by atoms with Crippen LogP contribution in [0.1, 0.15) is 78.4 Å². The number of halogens is 3. The summed E-state index contributed by atoms with van der Waals surface area (Å²) in [6, 6.07) is 20.4. The van der Waals surface area contributed by atoms with Gasteiger partial charge in [-0.05, 0) is 52.9 Å². The molecule has 3 aromatic rings. The summed E-state index contributed by atoms with van der Waals surface area (Å²) in [6.07, 6.45) is 0.919. The van der Waals surface area contributed by atoms with Crippen LogP contribution in [0.4, 0.5) is 13.2 Å². The number of carboxylic acids is 1. The Morgan fingerprint density at radius 3 is 1.86 bits per heavy atom. The number of nitrogens with one attached hydrogen (secondary N) is 1. The molecule has 1 atom stereocenters. The molecule has 0 bridgehead atoms. The molecule has 7 heteroatoms. The highest BCUT2D eigenvalue weighted by Crippen LogP contribution is 2.34. The number of hydrogen-bond acceptors (Lipinski definition) is 2. The van der Waals surface area contributed by atoms with Gasteiger partial charge in [0.15, 0.2) is 0 Å². The average Bonchev–Trinajstić information content (AvgIpc) is 2.88. The molecule has 1 amide bonds. The van der Waals surface area contributed by atoms with Crippen molar-refractivity contribution in [1.29, 1.82) is 0 Å². The number of carbonyl (C=O) groups excluding carboxylic acids is 1. The van der Waals surface area contributed by atoms with E-state index in [9.17, 15) is 22.8 Å². The monoisotopic (exact) mass is 511 g/mol. The molecule has 3 aromatic carbocycles. The summed E-state index contributed by atoms with van der Waals surface area (Å²) in [5, 5.41) is 11.3. The van der Waals surface area contributed by atoms with Crippen molar-refractivity contribution >= 4 is 11.9 Å². The summed E-state index contributed by atoms with van der Waals surface area (Å²) in [5.41, 5.74) is 3.54. The molecule has 0 saturated carbocycles. The topological polar surface area (TPSA) is 66.4 Å². The number of rotatable bonds is 12. The summed E-state index contributed by atoms with van der Waals surface area (Å²) >= 11 is 0. The molecule has 1 unspecified atom stereocenters. The number of aliphatic carboxylic acids is 1. The van der Waals surface area contributed by atoms with Crippen LogP contribution in [-0.2, 0) is 11.0 Å². The molecular weight excluding hydrogens is 479 g/mol. The van der Waals surface area contributed by atoms with Crippen molar-refractivity contribution in [2.45, 2.75) is 57.5 Å². The number of alkyl halides is 3. The van der Waals surface area contributed by atoms with Crippen LogP contribution in [0.2, 0.25) is 0 Å². The first-order chi connectivity index (χ1) is 17.7. The second kappa shape index (κ2) is 13.1. The van der Waals surface area contributed by atoms with Gasteiger partial charge in [0.25, 0.3) is 5.91 Å². The van der Waals surface area contributed by atoms with Crippen LogP contribution < -0.4 is 5.32 Å². The van der Waals surface area contributed by atoms with Gasteiger partial charge in [-0.15, -0.1) is 0 Å². The van der Waals surface area contributed by atoms with Gasteiger partial charge in [0.05, 0.1) is 12.0 Å². The molecule has 0 heterocycles. The molecule has 3 rings (SSSR count). The molecular formula is C30H32F3NO3. The molecule has 0 spiro atoms. The standard InChI is InChI=1S/C30H32F3NO3/c1-2-3-4-5-6-27(24-11-13-25(14-12-24)29(37)34-20-19-28(35)36)23-9-7-21(8-10-23)22-15-17-26(18-16-22)30(31,32)33/h7-18,27H,2-6,19-20H2,1H3,(H,34,37)(H,35,36). The van der Waals surface area contributed by atoms with E-state index in [-0.39, 0.29) is 24.8 Å². The maximum atomic E-state index is 12.9. The summed E-state index contributed by atoms with van der Waals surface area (Å²) in [4.78, 5) is 23.0. The number of benzene rings is 3. The van der Waals surface area contributed by atoms with E-state index in [0.29, 0.717) is 5.56 Å². The second-order valence-electron chi connectivity index (χ2n) is 9.12. The predicted octanol–water partition coefficient (Wildman–Crippen LogP) is 7.68. The van der Waals surface area contributed by atoms with Gasteiger partial charge >= 0.3 is 12.1 Å². The van der Waals surface area contributed by atoms with E-state index in [2.05, 4.69) is 12.2 Å². The number of unbranched alkanes of at least 4 members (excludes halogenated alkanes) is 3. The Labute approximate surface area is 215 Å². The van der Waals surface area contributed by atoms with Gasteiger partial charge in [-0.25, -0.2) is 0 Å². The fraction of sp³-hybridized carbons (Fsp3) is 0.333. The quantitative estimate of drug-likeness (QED) is 0.245. The Hall–Kier alpha value is -3.61. The van der Waals surface area contributed by atoms with E-state index in [1.165, 1.54) is 12.1 Å². The van der Waals surface area contributed by atoms with Gasteiger partial charge in [-0.3, -0.25) is 9.59 Å². The summed E-state index contributed by atoms with van der Waals surface area (Å²) in [5.74, 6) is -1.17. The molecule has 0 aromatic heterocycles. The van der Waals surface area contributed by atoms with Crippen LogP contribution in [0.15, 0.2) is 72.8 Å². The van der Waals surface area contributed by atoms with Crippen molar-refractivity contribution in [3.63, 3.8) is 0 Å². The van der Waals surface area contributed by atoms with E-state index in [0.717, 1.165) is 66.5 Å². The third-order valence-electron chi connectivity index (χ3n) is 6.40. The van der Waals surface area contributed by atoms with E-state index in [1.807, 2.05) is 36.4 Å². The van der Waals surface area contributed by atoms with Gasteiger partial charge < -0.3 is 10.4 Å². The van der Waals surface area contributed by atoms with Crippen molar-refractivity contribution in [2.24, 2.45) is 0 Å². The van der Waals surface area contributed by atoms with Gasteiger partial charge in [0, 0.05) is 18.0 Å². The largest absolute Gasteiger partial charge is 0.481 e. The van der Waals surface area contributed by atoms with Gasteiger partial charge in [-0.1, -0.05) is 81.1 Å². The zero-order valence-corrected chi connectivity index (χ0v) is 20.9. The number of amides is 1. The zero-order chi connectivity index (χ0) is 26.8. The highest BCUT2D eigenvalue weighted by Gasteiger charge is 2.30. The first-order valence-electron chi connectivity index (χ1n) is 12.6. The molecule has 4 nitrogen and oxygen atoms in total. The lowest BCUT2D eigenvalue weighted by Crippen LogP contribution is -2.25. The Kier molecular flexibility index (Phi) is 9.89. The van der Waals surface area contributed by atoms with Crippen molar-refractivity contribution in [1.82, 2.24) is 5.32 Å². The van der Waals surface area contributed by atoms with Crippen molar-refractivity contribution in [3.05, 3.63) is 95.1 Å². The zero-order valence-electron chi connectivity index (χ0n) is 20.9. The third-order valence-corrected chi connectivity index (χ3v) is 6.40. The molecule has 0 radical (unpaired) electrons. The normalized spacial score (nSPS) is 12.2. The lowest BCUT2D eigenvalue weighted by Gasteiger charge is -2.19. The first-order valence-corrected chi connectivity index (χ1v) is 12.6. The van der Waals surface area contributed by atoms with Gasteiger partial charge in [0.2, 0.25) is 0 Å². The van der Waals surface area contributed by atoms with Crippen LogP contribution in [0.5, 0.6) is 0 Å². The van der Waals surface area contributed by atoms with Crippen molar-refractivity contribution < 1.29 is 27.9 Å². The van der Waals surface area contributed by atoms with E-state index < -0.39 is 17.7 Å². The first kappa shape index (κ1) is 28.0. The lowest BCUT2D eigenvalue weighted by atomic mass is 9.85. The van der Waals surface area contributed by atoms with Crippen molar-refractivity contribution in [2.75, 3.05) is 6.54 Å². The number of carbonyl (C=O) groups is 2. The fourth-order valence-electron chi connectivity index (χ4n) is 4.31. The highest BCUT2D eigenvalue weighted by molar-refractivity contribution is 5.94. The van der Waals surface area contributed by atoms with E-state index in [4.69, 9.17) is 5.11 Å². The van der Waals surface area contributed by atoms with Crippen LogP contribution in [0.3, 0.4) is 0 Å². The minimum absolute atomic E-state index is 0.0707. The molecule has 196 valence electrons. The van der Waals surface area contributed by atoms with Crippen molar-refractivity contribution in [3.8, 4) is 11.1 Å². The molecule has 0 aliphatic carbocycles. The fourth-order valence-corrected chi connectivity index (χ4v) is 4.31. The Morgan fingerprint density at radius 2 is 1.35 bits per heavy atom. The molecule has 0 aliphatic rings. The number of carboxylic acid groups (broad SMARTS) is 1. The van der Waals surface area contributed by atoms with E-state index in [1.54, 1.807) is 12.1 Å². The van der Waals surface area contributed by atoms with Gasteiger partial charge in [-0.2, -0.15) is 13.2 Å². The predicted molar refractivity (Wildman–Crippen MR) is 139 cm³/mol. The Balaban J connectivity index is 1.77. The summed E-state index contributed by atoms with van der Waals surface area (Å²) in [6.45, 7) is 2.24. The maximum absolute atomic E-state index is 12.9. The minimum Gasteiger partial charge on any atom is -0.481 e. The Bertz CT molecular complexity index is 1150. The minimum atomic E-state index is -4.36. The third kappa shape index (κ3) is 8.20. The van der Waals surface area contributed by atoms with Crippen LogP contribution in [-0.4, -0.2) is 23.5 Å². The number of hydrogen-bond donors (Lipinski definition) is 2. The summed E-state index contributed by atoms with van der Waals surface area (Å²) in [7, 11) is 0. The average molecular weight is 512 g/mol. The lowest BCUT2D eigenvalue weighted by molar-refractivity contribution is -0.138. The maximum Gasteiger partial charge on any atom is 0.416 e. The SMILES string of the molecule is CCCCCCC(c1ccc(C(=O)NCCC(=O)O)cc1)c1ccc(-c2ccc(C(F)(F)F)cc2)cc1. The van der Waals surface area contributed by atoms with E-state index >= 15 is 0 Å². The molecule has 0 saturated heterocycles. The van der Waals surface area contributed by atoms with Crippen LogP contribution >= 0.6 is 0 Å². The smallest absolute Gasteiger partial charge is 0.416 e. The Morgan fingerprint density at radius 1 is 0.811 bits per heavy atom.